The van der Waals surface area contributed by atoms with Crippen LogP contribution in [0.3, 0.4) is 0 Å². The monoisotopic (exact) mass is 180 g/mol. The highest BCUT2D eigenvalue weighted by Gasteiger charge is 2.10. The van der Waals surface area contributed by atoms with Crippen LogP contribution in [-0.4, -0.2) is 21.3 Å². The molecule has 0 spiro atoms. The molecule has 0 saturated heterocycles. The van der Waals surface area contributed by atoms with Gasteiger partial charge in [0.05, 0.1) is 0 Å². The van der Waals surface area contributed by atoms with Crippen molar-refractivity contribution < 1.29 is 0 Å². The van der Waals surface area contributed by atoms with Crippen molar-refractivity contribution in [2.24, 2.45) is 0 Å². The van der Waals surface area contributed by atoms with Crippen molar-refractivity contribution in [3.8, 4) is 0 Å². The second kappa shape index (κ2) is 3.16. The first-order valence-corrected chi connectivity index (χ1v) is 4.47. The Morgan fingerprint density at radius 1 is 1.38 bits per heavy atom. The standard InChI is InChI=1S/C8H12N4O/c1-6-7(13)12-5-3-2-4-9-8(12)11-10-6/h2-5H2,1H3,(H,9,11). The predicted molar refractivity (Wildman–Crippen MR) is 48.8 cm³/mol. The van der Waals surface area contributed by atoms with Gasteiger partial charge in [-0.1, -0.05) is 0 Å². The molecule has 0 unspecified atom stereocenters. The molecule has 1 aromatic rings. The first-order valence-electron chi connectivity index (χ1n) is 4.47. The molecular formula is C8H12N4O. The van der Waals surface area contributed by atoms with Gasteiger partial charge in [-0.15, -0.1) is 10.2 Å². The molecule has 13 heavy (non-hydrogen) atoms. The van der Waals surface area contributed by atoms with Crippen LogP contribution in [0.15, 0.2) is 4.79 Å². The summed E-state index contributed by atoms with van der Waals surface area (Å²) in [5.41, 5.74) is 0.437. The van der Waals surface area contributed by atoms with Crippen molar-refractivity contribution in [3.05, 3.63) is 16.0 Å². The lowest BCUT2D eigenvalue weighted by Crippen LogP contribution is -2.26. The van der Waals surface area contributed by atoms with Crippen molar-refractivity contribution >= 4 is 5.95 Å². The Balaban J connectivity index is 2.54. The van der Waals surface area contributed by atoms with E-state index in [1.807, 2.05) is 0 Å². The fourth-order valence-electron chi connectivity index (χ4n) is 1.44. The molecule has 1 aliphatic rings. The summed E-state index contributed by atoms with van der Waals surface area (Å²) in [5, 5.41) is 10.8. The van der Waals surface area contributed by atoms with Crippen LogP contribution >= 0.6 is 0 Å². The summed E-state index contributed by atoms with van der Waals surface area (Å²) >= 11 is 0. The lowest BCUT2D eigenvalue weighted by Gasteiger charge is -2.07. The van der Waals surface area contributed by atoms with Crippen LogP contribution in [0.2, 0.25) is 0 Å². The average molecular weight is 180 g/mol. The lowest BCUT2D eigenvalue weighted by atomic mass is 10.3. The summed E-state index contributed by atoms with van der Waals surface area (Å²) in [6.45, 7) is 3.31. The van der Waals surface area contributed by atoms with Gasteiger partial charge >= 0.3 is 0 Å². The number of nitrogens with zero attached hydrogens (tertiary/aromatic N) is 3. The molecule has 2 heterocycles. The minimum Gasteiger partial charge on any atom is -0.354 e. The van der Waals surface area contributed by atoms with E-state index in [1.165, 1.54) is 0 Å². The van der Waals surface area contributed by atoms with E-state index in [0.29, 0.717) is 11.6 Å². The fourth-order valence-corrected chi connectivity index (χ4v) is 1.44. The van der Waals surface area contributed by atoms with Gasteiger partial charge in [0, 0.05) is 13.1 Å². The van der Waals surface area contributed by atoms with E-state index in [2.05, 4.69) is 15.5 Å². The van der Waals surface area contributed by atoms with E-state index in [4.69, 9.17) is 0 Å². The van der Waals surface area contributed by atoms with Crippen molar-refractivity contribution in [1.82, 2.24) is 14.8 Å². The lowest BCUT2D eigenvalue weighted by molar-refractivity contribution is 0.616. The smallest absolute Gasteiger partial charge is 0.276 e. The third kappa shape index (κ3) is 1.41. The van der Waals surface area contributed by atoms with Crippen LogP contribution in [0.5, 0.6) is 0 Å². The zero-order chi connectivity index (χ0) is 9.26. The topological polar surface area (TPSA) is 59.8 Å². The molecule has 5 heteroatoms. The van der Waals surface area contributed by atoms with E-state index in [1.54, 1.807) is 11.5 Å². The molecule has 0 radical (unpaired) electrons. The largest absolute Gasteiger partial charge is 0.354 e. The summed E-state index contributed by atoms with van der Waals surface area (Å²) in [5.74, 6) is 0.605. The van der Waals surface area contributed by atoms with Gasteiger partial charge in [-0.25, -0.2) is 0 Å². The molecule has 70 valence electrons. The second-order valence-corrected chi connectivity index (χ2v) is 3.20. The van der Waals surface area contributed by atoms with Gasteiger partial charge in [-0.2, -0.15) is 0 Å². The quantitative estimate of drug-likeness (QED) is 0.617. The van der Waals surface area contributed by atoms with E-state index in [0.717, 1.165) is 25.9 Å². The van der Waals surface area contributed by atoms with Crippen LogP contribution in [0.4, 0.5) is 5.95 Å². The highest BCUT2D eigenvalue weighted by Crippen LogP contribution is 2.06. The number of rotatable bonds is 0. The Morgan fingerprint density at radius 2 is 2.23 bits per heavy atom. The number of anilines is 1. The maximum Gasteiger partial charge on any atom is 0.276 e. The molecular weight excluding hydrogens is 168 g/mol. The molecule has 0 aromatic carbocycles. The van der Waals surface area contributed by atoms with Gasteiger partial charge in [-0.3, -0.25) is 9.36 Å². The SMILES string of the molecule is Cc1nnc2n(c1=O)CCCCN2. The molecule has 0 saturated carbocycles. The number of aromatic nitrogens is 3. The summed E-state index contributed by atoms with van der Waals surface area (Å²) < 4.78 is 1.66. The van der Waals surface area contributed by atoms with Crippen molar-refractivity contribution in [2.75, 3.05) is 11.9 Å². The van der Waals surface area contributed by atoms with E-state index < -0.39 is 0 Å². The maximum absolute atomic E-state index is 11.6. The van der Waals surface area contributed by atoms with Gasteiger partial charge in [0.25, 0.3) is 5.56 Å². The number of fused-ring (bicyclic) bond motifs is 1. The Kier molecular flexibility index (Phi) is 2.00. The number of aryl methyl sites for hydroxylation is 1. The van der Waals surface area contributed by atoms with Gasteiger partial charge in [0.1, 0.15) is 5.69 Å². The summed E-state index contributed by atoms with van der Waals surface area (Å²) in [6.07, 6.45) is 2.09. The number of nitrogens with one attached hydrogen (secondary N) is 1. The third-order valence-corrected chi connectivity index (χ3v) is 2.20. The number of hydrogen-bond donors (Lipinski definition) is 1. The van der Waals surface area contributed by atoms with Crippen LogP contribution in [0.1, 0.15) is 18.5 Å². The van der Waals surface area contributed by atoms with Gasteiger partial charge in [0.2, 0.25) is 5.95 Å². The van der Waals surface area contributed by atoms with Crippen LogP contribution in [0.25, 0.3) is 0 Å². The van der Waals surface area contributed by atoms with Gasteiger partial charge in [-0.05, 0) is 19.8 Å². The molecule has 1 aliphatic heterocycles. The van der Waals surface area contributed by atoms with Crippen LogP contribution in [-0.2, 0) is 6.54 Å². The normalized spacial score (nSPS) is 15.8. The summed E-state index contributed by atoms with van der Waals surface area (Å²) in [6, 6.07) is 0. The van der Waals surface area contributed by atoms with E-state index in [9.17, 15) is 4.79 Å². The van der Waals surface area contributed by atoms with Crippen molar-refractivity contribution in [2.45, 2.75) is 26.3 Å². The van der Waals surface area contributed by atoms with Gasteiger partial charge in [0.15, 0.2) is 0 Å². The highest BCUT2D eigenvalue weighted by atomic mass is 16.1. The first kappa shape index (κ1) is 8.22. The van der Waals surface area contributed by atoms with Gasteiger partial charge < -0.3 is 5.32 Å². The molecule has 0 aliphatic carbocycles. The van der Waals surface area contributed by atoms with Crippen molar-refractivity contribution in [1.29, 1.82) is 0 Å². The Labute approximate surface area is 75.8 Å². The third-order valence-electron chi connectivity index (χ3n) is 2.20. The molecule has 1 aromatic heterocycles. The van der Waals surface area contributed by atoms with Crippen molar-refractivity contribution in [3.63, 3.8) is 0 Å². The molecule has 1 N–H and O–H groups in total. The Morgan fingerprint density at radius 3 is 3.08 bits per heavy atom. The average Bonchev–Trinajstić information content (AvgIpc) is 2.36. The molecule has 0 atom stereocenters. The maximum atomic E-state index is 11.6. The second-order valence-electron chi connectivity index (χ2n) is 3.20. The minimum atomic E-state index is -0.0283. The molecule has 0 fully saturated rings. The predicted octanol–water partition coefficient (Wildman–Crippen LogP) is 0.152. The van der Waals surface area contributed by atoms with Crippen LogP contribution in [0, 0.1) is 6.92 Å². The Bertz CT molecular complexity index is 371. The Hall–Kier alpha value is -1.39. The molecule has 2 rings (SSSR count). The summed E-state index contributed by atoms with van der Waals surface area (Å²) in [4.78, 5) is 11.6. The zero-order valence-corrected chi connectivity index (χ0v) is 7.58. The molecule has 0 bridgehead atoms. The van der Waals surface area contributed by atoms with E-state index in [-0.39, 0.29) is 5.56 Å². The molecule has 5 nitrogen and oxygen atoms in total. The first-order chi connectivity index (χ1) is 6.29. The summed E-state index contributed by atoms with van der Waals surface area (Å²) in [7, 11) is 0. The zero-order valence-electron chi connectivity index (χ0n) is 7.58. The molecule has 0 amide bonds. The minimum absolute atomic E-state index is 0.0283. The van der Waals surface area contributed by atoms with E-state index >= 15 is 0 Å². The fraction of sp³-hybridized carbons (Fsp3) is 0.625. The number of hydrogen-bond acceptors (Lipinski definition) is 4. The highest BCUT2D eigenvalue weighted by molar-refractivity contribution is 5.24. The van der Waals surface area contributed by atoms with Crippen LogP contribution < -0.4 is 10.9 Å².